The van der Waals surface area contributed by atoms with E-state index in [9.17, 15) is 9.59 Å². The smallest absolute Gasteiger partial charge is 0.321 e. The van der Waals surface area contributed by atoms with Gasteiger partial charge < -0.3 is 10.2 Å². The van der Waals surface area contributed by atoms with Crippen LogP contribution in [0.15, 0.2) is 0 Å². The fourth-order valence-corrected chi connectivity index (χ4v) is 1.75. The van der Waals surface area contributed by atoms with Crippen LogP contribution < -0.4 is 10.6 Å². The van der Waals surface area contributed by atoms with E-state index in [0.29, 0.717) is 0 Å². The van der Waals surface area contributed by atoms with Crippen LogP contribution in [0.2, 0.25) is 0 Å². The minimum absolute atomic E-state index is 0.249. The molecule has 104 valence electrons. The lowest BCUT2D eigenvalue weighted by atomic mass is 10.1. The zero-order chi connectivity index (χ0) is 13.8. The van der Waals surface area contributed by atoms with Gasteiger partial charge in [0.05, 0.1) is 6.54 Å². The molecule has 0 spiro atoms. The number of carbonyl (C=O) groups excluding carboxylic acids is 2. The van der Waals surface area contributed by atoms with Crippen LogP contribution in [0.5, 0.6) is 0 Å². The summed E-state index contributed by atoms with van der Waals surface area (Å²) in [5.41, 5.74) is -0.335. The normalized spacial score (nSPS) is 18.4. The Morgan fingerprint density at radius 3 is 2.17 bits per heavy atom. The lowest BCUT2D eigenvalue weighted by Crippen LogP contribution is -2.52. The molecule has 0 unspecified atom stereocenters. The lowest BCUT2D eigenvalue weighted by Gasteiger charge is -2.31. The quantitative estimate of drug-likeness (QED) is 0.722. The average Bonchev–Trinajstić information content (AvgIpc) is 2.18. The lowest BCUT2D eigenvalue weighted by molar-refractivity contribution is -0.121. The van der Waals surface area contributed by atoms with E-state index in [4.69, 9.17) is 0 Å². The van der Waals surface area contributed by atoms with Crippen LogP contribution in [0.3, 0.4) is 0 Å². The second-order valence-electron chi connectivity index (χ2n) is 5.83. The van der Waals surface area contributed by atoms with Crippen molar-refractivity contribution in [2.75, 3.05) is 39.8 Å². The molecule has 6 heteroatoms. The van der Waals surface area contributed by atoms with Crippen LogP contribution in [-0.4, -0.2) is 67.0 Å². The van der Waals surface area contributed by atoms with E-state index in [1.54, 1.807) is 0 Å². The predicted molar refractivity (Wildman–Crippen MR) is 70.4 cm³/mol. The van der Waals surface area contributed by atoms with E-state index in [1.807, 2.05) is 20.8 Å². The Hall–Kier alpha value is -1.14. The number of imide groups is 1. The number of carbonyl (C=O) groups is 2. The van der Waals surface area contributed by atoms with Gasteiger partial charge in [0.25, 0.3) is 0 Å². The van der Waals surface area contributed by atoms with Crippen molar-refractivity contribution in [2.45, 2.75) is 26.3 Å². The molecule has 0 aliphatic carbocycles. The van der Waals surface area contributed by atoms with Crippen molar-refractivity contribution in [1.29, 1.82) is 0 Å². The number of piperazine rings is 1. The molecule has 0 aromatic rings. The molecule has 0 saturated carbocycles. The molecule has 1 aliphatic heterocycles. The van der Waals surface area contributed by atoms with Gasteiger partial charge in [0.15, 0.2) is 0 Å². The highest BCUT2D eigenvalue weighted by molar-refractivity contribution is 5.95. The summed E-state index contributed by atoms with van der Waals surface area (Å²) in [7, 11) is 2.06. The molecular formula is C12H24N4O2. The van der Waals surface area contributed by atoms with E-state index in [-0.39, 0.29) is 18.0 Å². The van der Waals surface area contributed by atoms with Gasteiger partial charge in [0.1, 0.15) is 0 Å². The topological polar surface area (TPSA) is 64.7 Å². The Kier molecular flexibility index (Phi) is 5.10. The Morgan fingerprint density at radius 1 is 1.11 bits per heavy atom. The first kappa shape index (κ1) is 14.9. The van der Waals surface area contributed by atoms with Crippen molar-refractivity contribution in [3.63, 3.8) is 0 Å². The van der Waals surface area contributed by atoms with Crippen molar-refractivity contribution in [1.82, 2.24) is 20.4 Å². The maximum Gasteiger partial charge on any atom is 0.321 e. The Labute approximate surface area is 109 Å². The number of hydrogen-bond acceptors (Lipinski definition) is 4. The first-order valence-electron chi connectivity index (χ1n) is 6.29. The van der Waals surface area contributed by atoms with Crippen molar-refractivity contribution < 1.29 is 9.59 Å². The van der Waals surface area contributed by atoms with Gasteiger partial charge in [-0.3, -0.25) is 15.0 Å². The molecule has 1 fully saturated rings. The van der Waals surface area contributed by atoms with Crippen LogP contribution in [0, 0.1) is 0 Å². The van der Waals surface area contributed by atoms with Crippen LogP contribution in [-0.2, 0) is 4.79 Å². The number of rotatable bonds is 2. The third kappa shape index (κ3) is 5.97. The number of nitrogens with one attached hydrogen (secondary N) is 2. The van der Waals surface area contributed by atoms with Crippen molar-refractivity contribution in [2.24, 2.45) is 0 Å². The molecule has 1 heterocycles. The number of likely N-dealkylation sites (N-methyl/N-ethyl adjacent to an activating group) is 1. The molecule has 1 rings (SSSR count). The number of nitrogens with zero attached hydrogens (tertiary/aromatic N) is 2. The Bertz CT molecular complexity index is 304. The molecular weight excluding hydrogens is 232 g/mol. The number of hydrogen-bond donors (Lipinski definition) is 2. The standard InChI is InChI=1S/C12H24N4O2/c1-12(2,3)14-11(18)13-10(17)9-16-7-5-15(4)6-8-16/h5-9H2,1-4H3,(H2,13,14,17,18). The van der Waals surface area contributed by atoms with Crippen LogP contribution in [0.1, 0.15) is 20.8 Å². The molecule has 2 N–H and O–H groups in total. The first-order chi connectivity index (χ1) is 8.26. The van der Waals surface area contributed by atoms with Crippen LogP contribution in [0.25, 0.3) is 0 Å². The SMILES string of the molecule is CN1CCN(CC(=O)NC(=O)NC(C)(C)C)CC1. The summed E-state index contributed by atoms with van der Waals surface area (Å²) in [4.78, 5) is 27.4. The molecule has 1 saturated heterocycles. The van der Waals surface area contributed by atoms with Gasteiger partial charge in [-0.25, -0.2) is 4.79 Å². The maximum atomic E-state index is 11.7. The second-order valence-corrected chi connectivity index (χ2v) is 5.83. The number of amides is 3. The molecule has 0 atom stereocenters. The van der Waals surface area contributed by atoms with Crippen molar-refractivity contribution >= 4 is 11.9 Å². The van der Waals surface area contributed by atoms with Gasteiger partial charge in [-0.2, -0.15) is 0 Å². The average molecular weight is 256 g/mol. The molecule has 0 aromatic heterocycles. The highest BCUT2D eigenvalue weighted by atomic mass is 16.2. The molecule has 0 bridgehead atoms. The summed E-state index contributed by atoms with van der Waals surface area (Å²) in [5, 5.41) is 5.05. The minimum Gasteiger partial charge on any atom is -0.333 e. The van der Waals surface area contributed by atoms with E-state index in [2.05, 4.69) is 27.5 Å². The van der Waals surface area contributed by atoms with Gasteiger partial charge in [-0.1, -0.05) is 0 Å². The second kappa shape index (κ2) is 6.15. The zero-order valence-corrected chi connectivity index (χ0v) is 11.7. The molecule has 0 radical (unpaired) electrons. The van der Waals surface area contributed by atoms with Gasteiger partial charge in [0.2, 0.25) is 5.91 Å². The van der Waals surface area contributed by atoms with Crippen LogP contribution >= 0.6 is 0 Å². The van der Waals surface area contributed by atoms with Gasteiger partial charge >= 0.3 is 6.03 Å². The molecule has 0 aromatic carbocycles. The van der Waals surface area contributed by atoms with Gasteiger partial charge in [-0.15, -0.1) is 0 Å². The summed E-state index contributed by atoms with van der Waals surface area (Å²) in [6, 6.07) is -0.429. The molecule has 3 amide bonds. The van der Waals surface area contributed by atoms with Gasteiger partial charge in [0, 0.05) is 31.7 Å². The van der Waals surface area contributed by atoms with E-state index in [1.165, 1.54) is 0 Å². The molecule has 18 heavy (non-hydrogen) atoms. The van der Waals surface area contributed by atoms with E-state index < -0.39 is 6.03 Å². The first-order valence-corrected chi connectivity index (χ1v) is 6.29. The predicted octanol–water partition coefficient (Wildman–Crippen LogP) is -0.142. The summed E-state index contributed by atoms with van der Waals surface area (Å²) in [5.74, 6) is -0.249. The summed E-state index contributed by atoms with van der Waals surface area (Å²) in [6.45, 7) is 9.55. The summed E-state index contributed by atoms with van der Waals surface area (Å²) < 4.78 is 0. The monoisotopic (exact) mass is 256 g/mol. The highest BCUT2D eigenvalue weighted by Gasteiger charge is 2.19. The maximum absolute atomic E-state index is 11.7. The Morgan fingerprint density at radius 2 is 1.67 bits per heavy atom. The van der Waals surface area contributed by atoms with E-state index in [0.717, 1.165) is 26.2 Å². The fourth-order valence-electron chi connectivity index (χ4n) is 1.75. The summed E-state index contributed by atoms with van der Waals surface area (Å²) >= 11 is 0. The van der Waals surface area contributed by atoms with Gasteiger partial charge in [-0.05, 0) is 27.8 Å². The zero-order valence-electron chi connectivity index (χ0n) is 11.7. The van der Waals surface area contributed by atoms with Crippen molar-refractivity contribution in [3.05, 3.63) is 0 Å². The van der Waals surface area contributed by atoms with Crippen molar-refractivity contribution in [3.8, 4) is 0 Å². The summed E-state index contributed by atoms with van der Waals surface area (Å²) in [6.07, 6.45) is 0. The fraction of sp³-hybridized carbons (Fsp3) is 0.833. The third-order valence-electron chi connectivity index (χ3n) is 2.70. The minimum atomic E-state index is -0.429. The largest absolute Gasteiger partial charge is 0.333 e. The highest BCUT2D eigenvalue weighted by Crippen LogP contribution is 1.99. The Balaban J connectivity index is 2.27. The van der Waals surface area contributed by atoms with Crippen LogP contribution in [0.4, 0.5) is 4.79 Å². The molecule has 6 nitrogen and oxygen atoms in total. The number of urea groups is 1. The molecule has 1 aliphatic rings. The van der Waals surface area contributed by atoms with E-state index >= 15 is 0 Å². The third-order valence-corrected chi connectivity index (χ3v) is 2.70.